The van der Waals surface area contributed by atoms with Crippen molar-refractivity contribution in [1.82, 2.24) is 9.97 Å². The first kappa shape index (κ1) is 13.5. The zero-order valence-electron chi connectivity index (χ0n) is 10.0. The van der Waals surface area contributed by atoms with E-state index in [2.05, 4.69) is 9.97 Å². The highest BCUT2D eigenvalue weighted by Gasteiger charge is 2.31. The Hall–Kier alpha value is -1.52. The smallest absolute Gasteiger partial charge is 0.345 e. The van der Waals surface area contributed by atoms with Crippen molar-refractivity contribution in [3.05, 3.63) is 29.6 Å². The van der Waals surface area contributed by atoms with E-state index in [0.717, 1.165) is 12.1 Å². The molecule has 0 amide bonds. The van der Waals surface area contributed by atoms with E-state index in [4.69, 9.17) is 0 Å². The number of nitrogens with one attached hydrogen (secondary N) is 1. The lowest BCUT2D eigenvalue weighted by Gasteiger charge is -2.08. The number of benzene rings is 1. The van der Waals surface area contributed by atoms with E-state index in [1.807, 2.05) is 20.8 Å². The van der Waals surface area contributed by atoms with Crippen LogP contribution in [-0.2, 0) is 12.6 Å². The summed E-state index contributed by atoms with van der Waals surface area (Å²) in [6.45, 7) is 5.81. The highest BCUT2D eigenvalue weighted by molar-refractivity contribution is 5.79. The SMILES string of the molecule is CC.CCc1cc(C(F)(F)F)cc2[nH]cnc12. The molecule has 5 heteroatoms. The zero-order chi connectivity index (χ0) is 13.1. The van der Waals surface area contributed by atoms with Crippen LogP contribution in [0.3, 0.4) is 0 Å². The van der Waals surface area contributed by atoms with Crippen LogP contribution in [0.25, 0.3) is 11.0 Å². The fraction of sp³-hybridized carbons (Fsp3) is 0.417. The van der Waals surface area contributed by atoms with E-state index in [1.54, 1.807) is 0 Å². The number of aryl methyl sites for hydroxylation is 1. The topological polar surface area (TPSA) is 28.7 Å². The summed E-state index contributed by atoms with van der Waals surface area (Å²) >= 11 is 0. The molecule has 0 bridgehead atoms. The Morgan fingerprint density at radius 3 is 2.41 bits per heavy atom. The third-order valence-electron chi connectivity index (χ3n) is 2.31. The summed E-state index contributed by atoms with van der Waals surface area (Å²) in [7, 11) is 0. The van der Waals surface area contributed by atoms with Gasteiger partial charge in [0.05, 0.1) is 22.9 Å². The van der Waals surface area contributed by atoms with Crippen LogP contribution < -0.4 is 0 Å². The molecule has 0 atom stereocenters. The van der Waals surface area contributed by atoms with Gasteiger partial charge in [0.25, 0.3) is 0 Å². The molecule has 2 nitrogen and oxygen atoms in total. The Balaban J connectivity index is 0.000000686. The van der Waals surface area contributed by atoms with Gasteiger partial charge < -0.3 is 4.98 Å². The molecule has 0 aliphatic heterocycles. The van der Waals surface area contributed by atoms with E-state index in [-0.39, 0.29) is 0 Å². The predicted octanol–water partition coefficient (Wildman–Crippen LogP) is 4.17. The minimum Gasteiger partial charge on any atom is -0.345 e. The molecule has 1 heterocycles. The maximum atomic E-state index is 12.5. The standard InChI is InChI=1S/C10H9F3N2.C2H6/c1-2-6-3-7(10(11,12)13)4-8-9(6)15-5-14-8;1-2/h3-5H,2H2,1H3,(H,14,15);1-2H3. The molecule has 2 rings (SSSR count). The van der Waals surface area contributed by atoms with Gasteiger partial charge in [0.2, 0.25) is 0 Å². The fourth-order valence-electron chi connectivity index (χ4n) is 1.56. The second kappa shape index (κ2) is 5.21. The number of nitrogens with zero attached hydrogens (tertiary/aromatic N) is 1. The molecule has 0 aliphatic carbocycles. The van der Waals surface area contributed by atoms with E-state index < -0.39 is 11.7 Å². The number of aromatic amines is 1. The van der Waals surface area contributed by atoms with E-state index in [1.165, 1.54) is 6.33 Å². The number of fused-ring (bicyclic) bond motifs is 1. The molecule has 0 aliphatic rings. The second-order valence-electron chi connectivity index (χ2n) is 3.29. The molecule has 0 spiro atoms. The molecule has 0 fully saturated rings. The lowest BCUT2D eigenvalue weighted by atomic mass is 10.1. The van der Waals surface area contributed by atoms with Gasteiger partial charge in [-0.25, -0.2) is 4.98 Å². The van der Waals surface area contributed by atoms with Crippen molar-refractivity contribution < 1.29 is 13.2 Å². The molecule has 1 aromatic heterocycles. The van der Waals surface area contributed by atoms with E-state index in [0.29, 0.717) is 23.0 Å². The number of halogens is 3. The molecular weight excluding hydrogens is 229 g/mol. The van der Waals surface area contributed by atoms with Gasteiger partial charge in [-0.05, 0) is 24.1 Å². The summed E-state index contributed by atoms with van der Waals surface area (Å²) in [5, 5.41) is 0. The summed E-state index contributed by atoms with van der Waals surface area (Å²) in [6.07, 6.45) is -2.36. The highest BCUT2D eigenvalue weighted by Crippen LogP contribution is 2.32. The molecule has 17 heavy (non-hydrogen) atoms. The highest BCUT2D eigenvalue weighted by atomic mass is 19.4. The minimum absolute atomic E-state index is 0.432. The van der Waals surface area contributed by atoms with Gasteiger partial charge in [-0.3, -0.25) is 0 Å². The maximum absolute atomic E-state index is 12.5. The number of imidazole rings is 1. The average molecular weight is 244 g/mol. The Kier molecular flexibility index (Phi) is 4.15. The van der Waals surface area contributed by atoms with Crippen LogP contribution in [0.1, 0.15) is 31.9 Å². The Morgan fingerprint density at radius 2 is 1.88 bits per heavy atom. The van der Waals surface area contributed by atoms with Crippen LogP contribution in [0.5, 0.6) is 0 Å². The summed E-state index contributed by atoms with van der Waals surface area (Å²) in [5.41, 5.74) is 1.03. The van der Waals surface area contributed by atoms with E-state index >= 15 is 0 Å². The molecule has 1 aromatic carbocycles. The number of H-pyrrole nitrogens is 1. The predicted molar refractivity (Wildman–Crippen MR) is 61.8 cm³/mol. The summed E-state index contributed by atoms with van der Waals surface area (Å²) in [4.78, 5) is 6.69. The van der Waals surface area contributed by atoms with Gasteiger partial charge in [-0.1, -0.05) is 20.8 Å². The molecule has 1 N–H and O–H groups in total. The second-order valence-corrected chi connectivity index (χ2v) is 3.29. The third-order valence-corrected chi connectivity index (χ3v) is 2.31. The average Bonchev–Trinajstić information content (AvgIpc) is 2.77. The van der Waals surface area contributed by atoms with Crippen LogP contribution in [-0.4, -0.2) is 9.97 Å². The first-order valence-corrected chi connectivity index (χ1v) is 5.55. The van der Waals surface area contributed by atoms with Gasteiger partial charge >= 0.3 is 6.18 Å². The summed E-state index contributed by atoms with van der Waals surface area (Å²) < 4.78 is 37.5. The molecule has 0 saturated carbocycles. The number of aromatic nitrogens is 2. The van der Waals surface area contributed by atoms with Gasteiger partial charge in [0.15, 0.2) is 0 Å². The molecule has 94 valence electrons. The minimum atomic E-state index is -4.30. The number of rotatable bonds is 1. The molecule has 0 radical (unpaired) electrons. The maximum Gasteiger partial charge on any atom is 0.416 e. The quantitative estimate of drug-likeness (QED) is 0.801. The van der Waals surface area contributed by atoms with Crippen molar-refractivity contribution in [2.24, 2.45) is 0 Å². The Morgan fingerprint density at radius 1 is 1.24 bits per heavy atom. The van der Waals surface area contributed by atoms with Crippen molar-refractivity contribution in [2.45, 2.75) is 33.4 Å². The Labute approximate surface area is 97.9 Å². The van der Waals surface area contributed by atoms with E-state index in [9.17, 15) is 13.2 Å². The molecular formula is C12H15F3N2. The lowest BCUT2D eigenvalue weighted by Crippen LogP contribution is -2.05. The van der Waals surface area contributed by atoms with Crippen molar-refractivity contribution in [3.63, 3.8) is 0 Å². The molecule has 0 saturated heterocycles. The number of hydrogen-bond donors (Lipinski definition) is 1. The van der Waals surface area contributed by atoms with Crippen LogP contribution in [0.4, 0.5) is 13.2 Å². The van der Waals surface area contributed by atoms with Crippen molar-refractivity contribution >= 4 is 11.0 Å². The van der Waals surface area contributed by atoms with Crippen LogP contribution in [0.15, 0.2) is 18.5 Å². The summed E-state index contributed by atoms with van der Waals surface area (Å²) in [6, 6.07) is 2.24. The molecule has 0 unspecified atom stereocenters. The van der Waals surface area contributed by atoms with Crippen LogP contribution in [0.2, 0.25) is 0 Å². The monoisotopic (exact) mass is 244 g/mol. The fourth-order valence-corrected chi connectivity index (χ4v) is 1.56. The Bertz CT molecular complexity index is 486. The van der Waals surface area contributed by atoms with Gasteiger partial charge in [-0.15, -0.1) is 0 Å². The van der Waals surface area contributed by atoms with Gasteiger partial charge in [0.1, 0.15) is 0 Å². The normalized spacial score (nSPS) is 11.2. The van der Waals surface area contributed by atoms with Crippen molar-refractivity contribution in [3.8, 4) is 0 Å². The first-order valence-electron chi connectivity index (χ1n) is 5.55. The zero-order valence-corrected chi connectivity index (χ0v) is 10.0. The van der Waals surface area contributed by atoms with Crippen molar-refractivity contribution in [2.75, 3.05) is 0 Å². The number of hydrogen-bond acceptors (Lipinski definition) is 1. The molecule has 2 aromatic rings. The van der Waals surface area contributed by atoms with Gasteiger partial charge in [0, 0.05) is 0 Å². The summed E-state index contributed by atoms with van der Waals surface area (Å²) in [5.74, 6) is 0. The van der Waals surface area contributed by atoms with Crippen LogP contribution in [0, 0.1) is 0 Å². The number of alkyl halides is 3. The first-order chi connectivity index (χ1) is 8.02. The third kappa shape index (κ3) is 2.78. The van der Waals surface area contributed by atoms with Crippen LogP contribution >= 0.6 is 0 Å². The lowest BCUT2D eigenvalue weighted by molar-refractivity contribution is -0.137. The largest absolute Gasteiger partial charge is 0.416 e. The van der Waals surface area contributed by atoms with Crippen molar-refractivity contribution in [1.29, 1.82) is 0 Å². The van der Waals surface area contributed by atoms with Gasteiger partial charge in [-0.2, -0.15) is 13.2 Å².